The van der Waals surface area contributed by atoms with Gasteiger partial charge in [0.25, 0.3) is 0 Å². The van der Waals surface area contributed by atoms with Crippen LogP contribution in [0.2, 0.25) is 0 Å². The average Bonchev–Trinajstić information content (AvgIpc) is 2.53. The van der Waals surface area contributed by atoms with Crippen LogP contribution in [0.1, 0.15) is 5.56 Å². The quantitative estimate of drug-likeness (QED) is 0.764. The van der Waals surface area contributed by atoms with E-state index in [9.17, 15) is 0 Å². The molecular formula is C15H14N6. The van der Waals surface area contributed by atoms with Crippen molar-refractivity contribution in [2.45, 2.75) is 6.92 Å². The number of hydrogen-bond acceptors (Lipinski definition) is 6. The maximum Gasteiger partial charge on any atom is 0.230 e. The number of hydrogen-bond donors (Lipinski definition) is 2. The summed E-state index contributed by atoms with van der Waals surface area (Å²) in [7, 11) is 0. The molecule has 1 aromatic carbocycles. The topological polar surface area (TPSA) is 75.6 Å². The molecule has 2 aromatic heterocycles. The van der Waals surface area contributed by atoms with E-state index in [1.165, 1.54) is 0 Å². The highest BCUT2D eigenvalue weighted by molar-refractivity contribution is 5.60. The van der Waals surface area contributed by atoms with Gasteiger partial charge in [0.1, 0.15) is 5.82 Å². The Morgan fingerprint density at radius 2 is 1.76 bits per heavy atom. The second-order valence-corrected chi connectivity index (χ2v) is 4.43. The van der Waals surface area contributed by atoms with Crippen molar-refractivity contribution in [3.05, 3.63) is 60.7 Å². The Morgan fingerprint density at radius 3 is 2.52 bits per heavy atom. The Morgan fingerprint density at radius 1 is 0.905 bits per heavy atom. The van der Waals surface area contributed by atoms with Gasteiger partial charge in [0, 0.05) is 29.8 Å². The normalized spacial score (nSPS) is 10.1. The van der Waals surface area contributed by atoms with Gasteiger partial charge in [-0.15, -0.1) is 0 Å². The first-order valence-electron chi connectivity index (χ1n) is 6.50. The first-order chi connectivity index (χ1) is 10.3. The number of benzene rings is 1. The summed E-state index contributed by atoms with van der Waals surface area (Å²) in [6.45, 7) is 1.96. The van der Waals surface area contributed by atoms with E-state index < -0.39 is 0 Å². The van der Waals surface area contributed by atoms with Crippen molar-refractivity contribution >= 4 is 23.3 Å². The van der Waals surface area contributed by atoms with E-state index in [1.807, 2.05) is 37.3 Å². The maximum absolute atomic E-state index is 4.46. The van der Waals surface area contributed by atoms with Crippen molar-refractivity contribution in [2.75, 3.05) is 10.6 Å². The fourth-order valence-corrected chi connectivity index (χ4v) is 1.77. The second-order valence-electron chi connectivity index (χ2n) is 4.43. The van der Waals surface area contributed by atoms with Crippen LogP contribution in [0.5, 0.6) is 0 Å². The summed E-state index contributed by atoms with van der Waals surface area (Å²) >= 11 is 0. The number of aromatic nitrogens is 4. The van der Waals surface area contributed by atoms with Crippen molar-refractivity contribution in [1.82, 2.24) is 19.9 Å². The Bertz CT molecular complexity index is 715. The third-order valence-corrected chi connectivity index (χ3v) is 2.81. The van der Waals surface area contributed by atoms with Crippen LogP contribution >= 0.6 is 0 Å². The van der Waals surface area contributed by atoms with Crippen molar-refractivity contribution in [3.63, 3.8) is 0 Å². The van der Waals surface area contributed by atoms with Gasteiger partial charge in [-0.05, 0) is 19.1 Å². The van der Waals surface area contributed by atoms with E-state index >= 15 is 0 Å². The summed E-state index contributed by atoms with van der Waals surface area (Å²) in [6.07, 6.45) is 6.60. The number of para-hydroxylation sites is 1. The van der Waals surface area contributed by atoms with Crippen molar-refractivity contribution < 1.29 is 0 Å². The number of anilines is 4. The smallest absolute Gasteiger partial charge is 0.230 e. The third-order valence-electron chi connectivity index (χ3n) is 2.81. The van der Waals surface area contributed by atoms with Crippen molar-refractivity contribution in [1.29, 1.82) is 0 Å². The average molecular weight is 278 g/mol. The lowest BCUT2D eigenvalue weighted by Crippen LogP contribution is -2.03. The molecular weight excluding hydrogens is 264 g/mol. The summed E-state index contributed by atoms with van der Waals surface area (Å²) < 4.78 is 0. The third kappa shape index (κ3) is 3.30. The molecule has 0 amide bonds. The fourth-order valence-electron chi connectivity index (χ4n) is 1.77. The first kappa shape index (κ1) is 13.0. The van der Waals surface area contributed by atoms with Gasteiger partial charge in [-0.3, -0.25) is 4.98 Å². The van der Waals surface area contributed by atoms with E-state index in [1.54, 1.807) is 24.8 Å². The van der Waals surface area contributed by atoms with Crippen LogP contribution < -0.4 is 10.6 Å². The van der Waals surface area contributed by atoms with E-state index in [4.69, 9.17) is 0 Å². The van der Waals surface area contributed by atoms with Gasteiger partial charge in [0.05, 0.1) is 6.20 Å². The lowest BCUT2D eigenvalue weighted by molar-refractivity contribution is 1.11. The molecule has 0 aliphatic carbocycles. The molecule has 2 N–H and O–H groups in total. The van der Waals surface area contributed by atoms with E-state index in [2.05, 4.69) is 30.6 Å². The Labute approximate surface area is 122 Å². The van der Waals surface area contributed by atoms with Crippen LogP contribution in [0, 0.1) is 6.92 Å². The van der Waals surface area contributed by atoms with Gasteiger partial charge in [-0.25, -0.2) is 9.97 Å². The van der Waals surface area contributed by atoms with Crippen LogP contribution in [0.4, 0.5) is 23.3 Å². The van der Waals surface area contributed by atoms with Crippen molar-refractivity contribution in [3.8, 4) is 0 Å². The highest BCUT2D eigenvalue weighted by Gasteiger charge is 2.05. The molecule has 0 saturated carbocycles. The lowest BCUT2D eigenvalue weighted by Gasteiger charge is -2.10. The molecule has 6 heteroatoms. The van der Waals surface area contributed by atoms with Gasteiger partial charge in [0.2, 0.25) is 5.95 Å². The van der Waals surface area contributed by atoms with Crippen LogP contribution in [-0.2, 0) is 0 Å². The molecule has 0 fully saturated rings. The molecule has 3 aromatic rings. The molecule has 0 aliphatic rings. The molecule has 3 rings (SSSR count). The predicted molar refractivity (Wildman–Crippen MR) is 81.8 cm³/mol. The summed E-state index contributed by atoms with van der Waals surface area (Å²) in [5.41, 5.74) is 1.94. The highest BCUT2D eigenvalue weighted by Crippen LogP contribution is 2.19. The zero-order chi connectivity index (χ0) is 14.5. The minimum Gasteiger partial charge on any atom is -0.340 e. The Hall–Kier alpha value is -3.02. The van der Waals surface area contributed by atoms with Gasteiger partial charge in [-0.1, -0.05) is 18.2 Å². The largest absolute Gasteiger partial charge is 0.340 e. The van der Waals surface area contributed by atoms with Gasteiger partial charge in [0.15, 0.2) is 5.82 Å². The maximum atomic E-state index is 4.46. The number of nitrogens with zero attached hydrogens (tertiary/aromatic N) is 4. The van der Waals surface area contributed by atoms with Crippen molar-refractivity contribution in [2.24, 2.45) is 0 Å². The number of nitrogens with one attached hydrogen (secondary N) is 2. The zero-order valence-electron chi connectivity index (χ0n) is 11.5. The molecule has 104 valence electrons. The molecule has 0 radical (unpaired) electrons. The molecule has 0 saturated heterocycles. The van der Waals surface area contributed by atoms with E-state index in [0.717, 1.165) is 17.1 Å². The van der Waals surface area contributed by atoms with E-state index in [0.29, 0.717) is 11.8 Å². The fraction of sp³-hybridized carbons (Fsp3) is 0.0667. The zero-order valence-corrected chi connectivity index (χ0v) is 11.5. The summed E-state index contributed by atoms with van der Waals surface area (Å²) in [4.78, 5) is 16.8. The minimum absolute atomic E-state index is 0.472. The standard InChI is InChI=1S/C15H14N6/c1-11-9-18-15(20-13-10-16-7-8-17-13)21-14(11)19-12-5-3-2-4-6-12/h2-10H,1H3,(H2,17,18,19,20,21). The SMILES string of the molecule is Cc1cnc(Nc2cnccn2)nc1Nc1ccccc1. The molecule has 0 bridgehead atoms. The summed E-state index contributed by atoms with van der Waals surface area (Å²) in [5.74, 6) is 1.83. The van der Waals surface area contributed by atoms with Gasteiger partial charge >= 0.3 is 0 Å². The Balaban J connectivity index is 1.83. The first-order valence-corrected chi connectivity index (χ1v) is 6.50. The second kappa shape index (κ2) is 5.96. The van der Waals surface area contributed by atoms with Crippen LogP contribution in [0.3, 0.4) is 0 Å². The van der Waals surface area contributed by atoms with Crippen LogP contribution in [0.25, 0.3) is 0 Å². The summed E-state index contributed by atoms with van der Waals surface area (Å²) in [6, 6.07) is 9.88. The molecule has 6 nitrogen and oxygen atoms in total. The van der Waals surface area contributed by atoms with Crippen LogP contribution in [-0.4, -0.2) is 19.9 Å². The number of aryl methyl sites for hydroxylation is 1. The Kier molecular flexibility index (Phi) is 3.68. The highest BCUT2D eigenvalue weighted by atomic mass is 15.2. The molecule has 21 heavy (non-hydrogen) atoms. The van der Waals surface area contributed by atoms with Crippen LogP contribution in [0.15, 0.2) is 55.1 Å². The predicted octanol–water partition coefficient (Wildman–Crippen LogP) is 3.06. The molecule has 0 spiro atoms. The molecule has 0 aliphatic heterocycles. The minimum atomic E-state index is 0.472. The van der Waals surface area contributed by atoms with Gasteiger partial charge in [-0.2, -0.15) is 4.98 Å². The van der Waals surface area contributed by atoms with E-state index in [-0.39, 0.29) is 0 Å². The molecule has 2 heterocycles. The van der Waals surface area contributed by atoms with Gasteiger partial charge < -0.3 is 10.6 Å². The summed E-state index contributed by atoms with van der Waals surface area (Å²) in [5, 5.41) is 6.29. The molecule has 0 unspecified atom stereocenters. The monoisotopic (exact) mass is 278 g/mol. The number of rotatable bonds is 4. The molecule has 0 atom stereocenters. The lowest BCUT2D eigenvalue weighted by atomic mass is 10.3.